The number of aromatic nitrogens is 3. The molecule has 0 aliphatic rings. The molecule has 0 fully saturated rings. The number of benzene rings is 1. The number of nitrogens with zero attached hydrogens (tertiary/aromatic N) is 3. The number of aryl methyl sites for hydroxylation is 3. The molecule has 0 bridgehead atoms. The van der Waals surface area contributed by atoms with Gasteiger partial charge in [-0.05, 0) is 31.9 Å². The van der Waals surface area contributed by atoms with Gasteiger partial charge in [-0.15, -0.1) is 10.2 Å². The standard InChI is InChI=1S/C15H19N5O/c1-4-12-13(5-2)19-20-15(17-12)18-14(21)10-8-9(3)6-7-11(10)16/h6-8H,4-5,16H2,1-3H3,(H,17,18,20,21). The molecule has 6 nitrogen and oxygen atoms in total. The first-order valence-electron chi connectivity index (χ1n) is 6.95. The van der Waals surface area contributed by atoms with E-state index in [1.807, 2.05) is 26.8 Å². The predicted octanol–water partition coefficient (Wildman–Crippen LogP) is 2.14. The SMILES string of the molecule is CCc1nnc(NC(=O)c2cc(C)ccc2N)nc1CC. The first-order chi connectivity index (χ1) is 10.0. The van der Waals surface area contributed by atoms with E-state index in [-0.39, 0.29) is 11.9 Å². The molecule has 1 amide bonds. The largest absolute Gasteiger partial charge is 0.398 e. The van der Waals surface area contributed by atoms with Crippen molar-refractivity contribution < 1.29 is 4.79 Å². The topological polar surface area (TPSA) is 93.8 Å². The summed E-state index contributed by atoms with van der Waals surface area (Å²) in [5, 5.41) is 10.7. The van der Waals surface area contributed by atoms with Crippen molar-refractivity contribution in [3.8, 4) is 0 Å². The van der Waals surface area contributed by atoms with Gasteiger partial charge in [0.25, 0.3) is 5.91 Å². The average molecular weight is 285 g/mol. The Morgan fingerprint density at radius 2 is 1.90 bits per heavy atom. The molecule has 2 aromatic rings. The zero-order chi connectivity index (χ0) is 15.4. The van der Waals surface area contributed by atoms with Crippen molar-refractivity contribution in [2.45, 2.75) is 33.6 Å². The van der Waals surface area contributed by atoms with Crippen LogP contribution in [-0.4, -0.2) is 21.1 Å². The van der Waals surface area contributed by atoms with Crippen LogP contribution >= 0.6 is 0 Å². The van der Waals surface area contributed by atoms with Gasteiger partial charge in [0.15, 0.2) is 0 Å². The van der Waals surface area contributed by atoms with E-state index in [0.717, 1.165) is 29.8 Å². The Kier molecular flexibility index (Phi) is 4.47. The molecule has 0 radical (unpaired) electrons. The fourth-order valence-electron chi connectivity index (χ4n) is 2.03. The first kappa shape index (κ1) is 14.9. The van der Waals surface area contributed by atoms with Crippen LogP contribution in [0.3, 0.4) is 0 Å². The van der Waals surface area contributed by atoms with Crippen LogP contribution in [0.4, 0.5) is 11.6 Å². The van der Waals surface area contributed by atoms with E-state index in [1.54, 1.807) is 12.1 Å². The van der Waals surface area contributed by atoms with Gasteiger partial charge in [0.2, 0.25) is 5.95 Å². The molecular weight excluding hydrogens is 266 g/mol. The van der Waals surface area contributed by atoms with Gasteiger partial charge < -0.3 is 5.73 Å². The molecule has 1 aromatic heterocycles. The third-order valence-electron chi connectivity index (χ3n) is 3.19. The van der Waals surface area contributed by atoms with Crippen molar-refractivity contribution in [2.24, 2.45) is 0 Å². The molecule has 6 heteroatoms. The molecule has 0 unspecified atom stereocenters. The van der Waals surface area contributed by atoms with Crippen LogP contribution in [0.1, 0.15) is 41.2 Å². The summed E-state index contributed by atoms with van der Waals surface area (Å²) < 4.78 is 0. The molecule has 3 N–H and O–H groups in total. The highest BCUT2D eigenvalue weighted by Crippen LogP contribution is 2.15. The number of carbonyl (C=O) groups is 1. The van der Waals surface area contributed by atoms with Gasteiger partial charge in [0.1, 0.15) is 0 Å². The lowest BCUT2D eigenvalue weighted by Crippen LogP contribution is -2.18. The highest BCUT2D eigenvalue weighted by atomic mass is 16.1. The van der Waals surface area contributed by atoms with Crippen molar-refractivity contribution in [1.29, 1.82) is 0 Å². The highest BCUT2D eigenvalue weighted by molar-refractivity contribution is 6.07. The van der Waals surface area contributed by atoms with Crippen LogP contribution in [0.25, 0.3) is 0 Å². The van der Waals surface area contributed by atoms with E-state index in [1.165, 1.54) is 0 Å². The molecule has 0 saturated carbocycles. The maximum atomic E-state index is 12.2. The van der Waals surface area contributed by atoms with Gasteiger partial charge in [0, 0.05) is 5.69 Å². The normalized spacial score (nSPS) is 10.4. The van der Waals surface area contributed by atoms with Crippen molar-refractivity contribution in [2.75, 3.05) is 11.1 Å². The third-order valence-corrected chi connectivity index (χ3v) is 3.19. The second kappa shape index (κ2) is 6.30. The van der Waals surface area contributed by atoms with E-state index in [0.29, 0.717) is 11.3 Å². The van der Waals surface area contributed by atoms with Crippen LogP contribution in [0, 0.1) is 6.92 Å². The minimum absolute atomic E-state index is 0.204. The van der Waals surface area contributed by atoms with E-state index in [9.17, 15) is 4.79 Å². The zero-order valence-corrected chi connectivity index (χ0v) is 12.5. The fourth-order valence-corrected chi connectivity index (χ4v) is 2.03. The lowest BCUT2D eigenvalue weighted by molar-refractivity contribution is 0.102. The number of carbonyl (C=O) groups excluding carboxylic acids is 1. The third kappa shape index (κ3) is 3.34. The number of nitrogens with one attached hydrogen (secondary N) is 1. The molecule has 0 saturated heterocycles. The molecule has 0 atom stereocenters. The highest BCUT2D eigenvalue weighted by Gasteiger charge is 2.13. The van der Waals surface area contributed by atoms with Crippen LogP contribution in [0.15, 0.2) is 18.2 Å². The minimum atomic E-state index is -0.329. The van der Waals surface area contributed by atoms with E-state index in [4.69, 9.17) is 5.73 Å². The molecule has 110 valence electrons. The zero-order valence-electron chi connectivity index (χ0n) is 12.5. The number of hydrogen-bond acceptors (Lipinski definition) is 5. The summed E-state index contributed by atoms with van der Waals surface area (Å²) in [5.74, 6) is -0.126. The minimum Gasteiger partial charge on any atom is -0.398 e. The number of anilines is 2. The number of nitrogen functional groups attached to an aromatic ring is 1. The van der Waals surface area contributed by atoms with Crippen LogP contribution in [-0.2, 0) is 12.8 Å². The molecule has 1 aromatic carbocycles. The number of amides is 1. The summed E-state index contributed by atoms with van der Waals surface area (Å²) in [5.41, 5.74) is 9.33. The molecule has 0 aliphatic heterocycles. The van der Waals surface area contributed by atoms with Crippen molar-refractivity contribution >= 4 is 17.5 Å². The van der Waals surface area contributed by atoms with Gasteiger partial charge >= 0.3 is 0 Å². The number of rotatable bonds is 4. The molecule has 2 rings (SSSR count). The Bertz CT molecular complexity index is 669. The first-order valence-corrected chi connectivity index (χ1v) is 6.95. The summed E-state index contributed by atoms with van der Waals surface area (Å²) in [6.45, 7) is 5.89. The van der Waals surface area contributed by atoms with Gasteiger partial charge in [-0.1, -0.05) is 25.5 Å². The van der Waals surface area contributed by atoms with Gasteiger partial charge in [-0.2, -0.15) is 0 Å². The van der Waals surface area contributed by atoms with E-state index in [2.05, 4.69) is 20.5 Å². The second-order valence-electron chi connectivity index (χ2n) is 4.78. The summed E-state index contributed by atoms with van der Waals surface area (Å²) in [7, 11) is 0. The fraction of sp³-hybridized carbons (Fsp3) is 0.333. The Morgan fingerprint density at radius 1 is 1.19 bits per heavy atom. The van der Waals surface area contributed by atoms with E-state index < -0.39 is 0 Å². The Hall–Kier alpha value is -2.50. The number of hydrogen-bond donors (Lipinski definition) is 2. The molecule has 21 heavy (non-hydrogen) atoms. The lowest BCUT2D eigenvalue weighted by Gasteiger charge is -2.09. The van der Waals surface area contributed by atoms with Crippen LogP contribution in [0.5, 0.6) is 0 Å². The van der Waals surface area contributed by atoms with Crippen molar-refractivity contribution in [3.05, 3.63) is 40.7 Å². The molecular formula is C15H19N5O. The number of nitrogens with two attached hydrogens (primary N) is 1. The van der Waals surface area contributed by atoms with Gasteiger partial charge in [-0.3, -0.25) is 10.1 Å². The van der Waals surface area contributed by atoms with Gasteiger partial charge in [-0.25, -0.2) is 4.98 Å². The smallest absolute Gasteiger partial charge is 0.260 e. The molecule has 1 heterocycles. The van der Waals surface area contributed by atoms with Crippen molar-refractivity contribution in [1.82, 2.24) is 15.2 Å². The van der Waals surface area contributed by atoms with E-state index >= 15 is 0 Å². The second-order valence-corrected chi connectivity index (χ2v) is 4.78. The Labute approximate surface area is 123 Å². The van der Waals surface area contributed by atoms with Gasteiger partial charge in [0.05, 0.1) is 17.0 Å². The molecule has 0 aliphatic carbocycles. The van der Waals surface area contributed by atoms with Crippen LogP contribution < -0.4 is 11.1 Å². The maximum absolute atomic E-state index is 12.2. The van der Waals surface area contributed by atoms with Crippen molar-refractivity contribution in [3.63, 3.8) is 0 Å². The average Bonchev–Trinajstić information content (AvgIpc) is 2.49. The lowest BCUT2D eigenvalue weighted by atomic mass is 10.1. The summed E-state index contributed by atoms with van der Waals surface area (Å²) in [6, 6.07) is 5.30. The quantitative estimate of drug-likeness (QED) is 0.839. The Balaban J connectivity index is 2.25. The monoisotopic (exact) mass is 285 g/mol. The summed E-state index contributed by atoms with van der Waals surface area (Å²) in [6.07, 6.45) is 1.51. The summed E-state index contributed by atoms with van der Waals surface area (Å²) in [4.78, 5) is 16.6. The molecule has 0 spiro atoms. The Morgan fingerprint density at radius 3 is 2.57 bits per heavy atom. The summed E-state index contributed by atoms with van der Waals surface area (Å²) >= 11 is 0. The van der Waals surface area contributed by atoms with Crippen LogP contribution in [0.2, 0.25) is 0 Å². The maximum Gasteiger partial charge on any atom is 0.260 e. The predicted molar refractivity (Wildman–Crippen MR) is 82.1 cm³/mol.